The van der Waals surface area contributed by atoms with E-state index in [0.717, 1.165) is 40.1 Å². The van der Waals surface area contributed by atoms with Crippen LogP contribution in [0.1, 0.15) is 44.7 Å². The van der Waals surface area contributed by atoms with Crippen molar-refractivity contribution in [2.75, 3.05) is 12.1 Å². The molecule has 2 aliphatic rings. The molecule has 4 nitrogen and oxygen atoms in total. The van der Waals surface area contributed by atoms with Gasteiger partial charge in [-0.1, -0.05) is 48.8 Å². The molecule has 0 radical (unpaired) electrons. The molecule has 4 rings (SSSR count). The zero-order valence-corrected chi connectivity index (χ0v) is 16.8. The van der Waals surface area contributed by atoms with Crippen molar-refractivity contribution in [1.29, 1.82) is 0 Å². The average molecular weight is 416 g/mol. The number of hydrogen-bond donors (Lipinski definition) is 1. The minimum absolute atomic E-state index is 0.0340. The summed E-state index contributed by atoms with van der Waals surface area (Å²) in [5.74, 6) is 1.50. The molecule has 0 bridgehead atoms. The molecule has 2 aromatic carbocycles. The second kappa shape index (κ2) is 6.02. The van der Waals surface area contributed by atoms with Gasteiger partial charge >= 0.3 is 0 Å². The van der Waals surface area contributed by atoms with Crippen molar-refractivity contribution < 1.29 is 14.3 Å². The maximum atomic E-state index is 13.0. The predicted molar refractivity (Wildman–Crippen MR) is 105 cm³/mol. The van der Waals surface area contributed by atoms with E-state index < -0.39 is 5.41 Å². The summed E-state index contributed by atoms with van der Waals surface area (Å²) in [6.07, 6.45) is 1.69. The third-order valence-corrected chi connectivity index (χ3v) is 5.80. The molecule has 26 heavy (non-hydrogen) atoms. The first kappa shape index (κ1) is 17.4. The highest BCUT2D eigenvalue weighted by atomic mass is 79.9. The number of anilines is 1. The monoisotopic (exact) mass is 415 g/mol. The van der Waals surface area contributed by atoms with E-state index >= 15 is 0 Å². The Morgan fingerprint density at radius 1 is 1.08 bits per heavy atom. The third kappa shape index (κ3) is 2.98. The maximum absolute atomic E-state index is 13.0. The maximum Gasteiger partial charge on any atom is 0.235 e. The van der Waals surface area contributed by atoms with Gasteiger partial charge in [0.05, 0.1) is 5.41 Å². The molecule has 1 fully saturated rings. The number of hydrogen-bond acceptors (Lipinski definition) is 3. The molecule has 0 spiro atoms. The lowest BCUT2D eigenvalue weighted by atomic mass is 9.87. The molecule has 0 aromatic heterocycles. The molecule has 0 saturated heterocycles. The molecule has 1 N–H and O–H groups in total. The van der Waals surface area contributed by atoms with Crippen LogP contribution in [0.5, 0.6) is 11.5 Å². The summed E-state index contributed by atoms with van der Waals surface area (Å²) >= 11 is 3.64. The van der Waals surface area contributed by atoms with Crippen molar-refractivity contribution in [3.05, 3.63) is 52.0 Å². The van der Waals surface area contributed by atoms with Crippen LogP contribution in [0.2, 0.25) is 0 Å². The van der Waals surface area contributed by atoms with Gasteiger partial charge in [0, 0.05) is 10.2 Å². The smallest absolute Gasteiger partial charge is 0.235 e. The third-order valence-electron chi connectivity index (χ3n) is 5.14. The molecule has 1 amide bonds. The molecular formula is C21H22BrNO3. The van der Waals surface area contributed by atoms with Crippen LogP contribution in [0.15, 0.2) is 40.9 Å². The Morgan fingerprint density at radius 3 is 2.46 bits per heavy atom. The zero-order chi connectivity index (χ0) is 18.5. The van der Waals surface area contributed by atoms with Crippen molar-refractivity contribution in [3.8, 4) is 11.5 Å². The Labute approximate surface area is 162 Å². The van der Waals surface area contributed by atoms with E-state index in [1.807, 2.05) is 30.3 Å². The van der Waals surface area contributed by atoms with Crippen LogP contribution in [0.4, 0.5) is 5.69 Å². The van der Waals surface area contributed by atoms with Gasteiger partial charge in [-0.15, -0.1) is 0 Å². The number of halogens is 1. The highest BCUT2D eigenvalue weighted by molar-refractivity contribution is 9.10. The number of carbonyl (C=O) groups is 1. The Balaban J connectivity index is 1.56. The SMILES string of the molecule is CC(C)(C)c1ccc(NC(=O)C2(c3ccc4c(c3)OCO4)CC2)cc1Br. The highest BCUT2D eigenvalue weighted by Crippen LogP contribution is 2.51. The lowest BCUT2D eigenvalue weighted by Crippen LogP contribution is -2.27. The van der Waals surface area contributed by atoms with E-state index in [1.54, 1.807) is 0 Å². The largest absolute Gasteiger partial charge is 0.454 e. The molecule has 1 heterocycles. The summed E-state index contributed by atoms with van der Waals surface area (Å²) in [5.41, 5.74) is 2.60. The van der Waals surface area contributed by atoms with Crippen molar-refractivity contribution in [2.45, 2.75) is 44.4 Å². The van der Waals surface area contributed by atoms with E-state index in [4.69, 9.17) is 9.47 Å². The zero-order valence-electron chi connectivity index (χ0n) is 15.2. The van der Waals surface area contributed by atoms with Crippen LogP contribution in [0.3, 0.4) is 0 Å². The summed E-state index contributed by atoms with van der Waals surface area (Å²) in [4.78, 5) is 13.0. The van der Waals surface area contributed by atoms with Gasteiger partial charge in [-0.25, -0.2) is 0 Å². The fourth-order valence-electron chi connectivity index (χ4n) is 3.42. The Hall–Kier alpha value is -2.01. The van der Waals surface area contributed by atoms with E-state index in [2.05, 4.69) is 48.1 Å². The molecule has 0 atom stereocenters. The van der Waals surface area contributed by atoms with Crippen molar-refractivity contribution in [3.63, 3.8) is 0 Å². The van der Waals surface area contributed by atoms with Gasteiger partial charge in [-0.05, 0) is 53.6 Å². The minimum Gasteiger partial charge on any atom is -0.454 e. The summed E-state index contributed by atoms with van der Waals surface area (Å²) < 4.78 is 11.8. The van der Waals surface area contributed by atoms with Crippen LogP contribution in [-0.4, -0.2) is 12.7 Å². The molecule has 2 aromatic rings. The number of benzene rings is 2. The Morgan fingerprint density at radius 2 is 1.81 bits per heavy atom. The first-order chi connectivity index (χ1) is 12.3. The molecule has 5 heteroatoms. The summed E-state index contributed by atoms with van der Waals surface area (Å²) in [5, 5.41) is 3.09. The van der Waals surface area contributed by atoms with Gasteiger partial charge in [0.15, 0.2) is 11.5 Å². The second-order valence-corrected chi connectivity index (χ2v) is 8.90. The molecule has 0 unspecified atom stereocenters. The molecule has 1 saturated carbocycles. The molecule has 1 aliphatic heterocycles. The number of carbonyl (C=O) groups excluding carboxylic acids is 1. The lowest BCUT2D eigenvalue weighted by molar-refractivity contribution is -0.118. The topological polar surface area (TPSA) is 47.6 Å². The van der Waals surface area contributed by atoms with Gasteiger partial charge in [0.2, 0.25) is 12.7 Å². The normalized spacial score (nSPS) is 17.1. The fraction of sp³-hybridized carbons (Fsp3) is 0.381. The molecular weight excluding hydrogens is 394 g/mol. The fourth-order valence-corrected chi connectivity index (χ4v) is 4.39. The first-order valence-electron chi connectivity index (χ1n) is 8.81. The average Bonchev–Trinajstić information content (AvgIpc) is 3.25. The first-order valence-corrected chi connectivity index (χ1v) is 9.60. The molecule has 136 valence electrons. The molecule has 1 aliphatic carbocycles. The van der Waals surface area contributed by atoms with E-state index in [-0.39, 0.29) is 18.1 Å². The summed E-state index contributed by atoms with van der Waals surface area (Å²) in [6, 6.07) is 11.8. The quantitative estimate of drug-likeness (QED) is 0.753. The number of nitrogens with one attached hydrogen (secondary N) is 1. The van der Waals surface area contributed by atoms with Gasteiger partial charge in [-0.2, -0.15) is 0 Å². The number of fused-ring (bicyclic) bond motifs is 1. The predicted octanol–water partition coefficient (Wildman–Crippen LogP) is 5.15. The Kier molecular flexibility index (Phi) is 4.03. The number of ether oxygens (including phenoxy) is 2. The van der Waals surface area contributed by atoms with Crippen molar-refractivity contribution >= 4 is 27.5 Å². The second-order valence-electron chi connectivity index (χ2n) is 8.05. The van der Waals surface area contributed by atoms with Crippen LogP contribution in [-0.2, 0) is 15.6 Å². The van der Waals surface area contributed by atoms with Crippen LogP contribution in [0.25, 0.3) is 0 Å². The lowest BCUT2D eigenvalue weighted by Gasteiger charge is -2.22. The number of amides is 1. The van der Waals surface area contributed by atoms with Gasteiger partial charge in [0.1, 0.15) is 0 Å². The van der Waals surface area contributed by atoms with E-state index in [1.165, 1.54) is 5.56 Å². The van der Waals surface area contributed by atoms with E-state index in [0.29, 0.717) is 0 Å². The standard InChI is InChI=1S/C21H22BrNO3/c1-20(2,3)15-6-5-14(11-16(15)22)23-19(24)21(8-9-21)13-4-7-17-18(10-13)26-12-25-17/h4-7,10-11H,8-9,12H2,1-3H3,(H,23,24). The van der Waals surface area contributed by atoms with E-state index in [9.17, 15) is 4.79 Å². The van der Waals surface area contributed by atoms with Gasteiger partial charge < -0.3 is 14.8 Å². The van der Waals surface area contributed by atoms with Gasteiger partial charge in [0.25, 0.3) is 0 Å². The van der Waals surface area contributed by atoms with Crippen molar-refractivity contribution in [2.24, 2.45) is 0 Å². The van der Waals surface area contributed by atoms with Crippen LogP contribution >= 0.6 is 15.9 Å². The van der Waals surface area contributed by atoms with Gasteiger partial charge in [-0.3, -0.25) is 4.79 Å². The number of rotatable bonds is 3. The summed E-state index contributed by atoms with van der Waals surface area (Å²) in [7, 11) is 0. The van der Waals surface area contributed by atoms with Crippen LogP contribution in [0, 0.1) is 0 Å². The van der Waals surface area contributed by atoms with Crippen LogP contribution < -0.4 is 14.8 Å². The van der Waals surface area contributed by atoms with Crippen molar-refractivity contribution in [1.82, 2.24) is 0 Å². The highest BCUT2D eigenvalue weighted by Gasteiger charge is 2.51. The Bertz CT molecular complexity index is 881. The summed E-state index contributed by atoms with van der Waals surface area (Å²) in [6.45, 7) is 6.75. The minimum atomic E-state index is -0.462.